The van der Waals surface area contributed by atoms with Crippen LogP contribution < -0.4 is 4.90 Å². The average molecular weight is 967 g/mol. The molecule has 11 aromatic rings. The number of hydrogen-bond acceptors (Lipinski definition) is 1. The van der Waals surface area contributed by atoms with Crippen LogP contribution in [0.4, 0.5) is 17.1 Å². The van der Waals surface area contributed by atoms with Crippen molar-refractivity contribution in [3.8, 4) is 27.9 Å². The van der Waals surface area contributed by atoms with E-state index in [2.05, 4.69) is 289 Å². The van der Waals surface area contributed by atoms with E-state index in [1.54, 1.807) is 0 Å². The van der Waals surface area contributed by atoms with Crippen LogP contribution >= 0.6 is 0 Å². The van der Waals surface area contributed by atoms with Crippen molar-refractivity contribution < 1.29 is 0 Å². The molecule has 0 spiro atoms. The van der Waals surface area contributed by atoms with Gasteiger partial charge in [-0.25, -0.2) is 0 Å². The fraction of sp³-hybridized carbons (Fsp3) is 0.278. The Labute approximate surface area is 441 Å². The topological polar surface area (TPSA) is 8.17 Å². The van der Waals surface area contributed by atoms with Crippen LogP contribution in [0.3, 0.4) is 0 Å². The zero-order valence-electron chi connectivity index (χ0n) is 46.6. The Balaban J connectivity index is 1.19. The lowest BCUT2D eigenvalue weighted by Gasteiger charge is -2.31. The van der Waals surface area contributed by atoms with Crippen molar-refractivity contribution in [3.05, 3.63) is 204 Å². The average Bonchev–Trinajstić information content (AvgIpc) is 3.69. The maximum atomic E-state index is 2.54. The molecule has 0 fully saturated rings. The highest BCUT2D eigenvalue weighted by Gasteiger charge is 2.27. The summed E-state index contributed by atoms with van der Waals surface area (Å²) in [6.45, 7) is 35.0. The van der Waals surface area contributed by atoms with Gasteiger partial charge >= 0.3 is 0 Å². The van der Waals surface area contributed by atoms with Gasteiger partial charge in [-0.15, -0.1) is 0 Å². The summed E-state index contributed by atoms with van der Waals surface area (Å²) in [6, 6.07) is 67.9. The van der Waals surface area contributed by atoms with Crippen molar-refractivity contribution in [1.82, 2.24) is 4.57 Å². The largest absolute Gasteiger partial charge is 0.310 e. The number of aromatic nitrogens is 1. The second kappa shape index (κ2) is 17.2. The van der Waals surface area contributed by atoms with Crippen LogP contribution in [0.5, 0.6) is 0 Å². The number of rotatable bonds is 6. The Bertz CT molecular complexity index is 3850. The van der Waals surface area contributed by atoms with E-state index in [1.165, 1.54) is 110 Å². The van der Waals surface area contributed by atoms with Crippen molar-refractivity contribution >= 4 is 71.2 Å². The molecule has 2 heteroatoms. The van der Waals surface area contributed by atoms with Crippen molar-refractivity contribution in [1.29, 1.82) is 0 Å². The molecule has 0 amide bonds. The highest BCUT2D eigenvalue weighted by atomic mass is 15.1. The van der Waals surface area contributed by atoms with Gasteiger partial charge in [-0.1, -0.05) is 219 Å². The Kier molecular flexibility index (Phi) is 11.4. The summed E-state index contributed by atoms with van der Waals surface area (Å²) in [5, 5.41) is 10.1. The van der Waals surface area contributed by atoms with Gasteiger partial charge in [-0.3, -0.25) is 0 Å². The molecule has 11 rings (SSSR count). The molecule has 10 aromatic carbocycles. The molecule has 1 aromatic heterocycles. The van der Waals surface area contributed by atoms with Gasteiger partial charge in [0, 0.05) is 32.9 Å². The summed E-state index contributed by atoms with van der Waals surface area (Å²) in [5.74, 6) is 0. The molecule has 2 nitrogen and oxygen atoms in total. The zero-order valence-corrected chi connectivity index (χ0v) is 46.6. The quantitative estimate of drug-likeness (QED) is 0.151. The lowest BCUT2D eigenvalue weighted by molar-refractivity contribution is 0.569. The molecule has 0 atom stereocenters. The smallest absolute Gasteiger partial charge is 0.0541 e. The third kappa shape index (κ3) is 8.64. The molecule has 0 N–H and O–H groups in total. The first-order valence-electron chi connectivity index (χ1n) is 26.9. The summed E-state index contributed by atoms with van der Waals surface area (Å²) in [7, 11) is 0. The SMILES string of the molecule is CC(C)(C)c1cc(-c2cc(C(C)(C)C)cc(C(C)(C)C)c2)cc(N(c2cccc(-c3ccccc3)c2)c2ccc3ccc4c(-n5c6ccc(C(C)(C)C)cc6c6cc(C(C)(C)C)ccc65)ccc5ccc2c3c54)c1. The van der Waals surface area contributed by atoms with E-state index < -0.39 is 0 Å². The molecular formula is C72H74N2. The van der Waals surface area contributed by atoms with Crippen LogP contribution in [0.2, 0.25) is 0 Å². The van der Waals surface area contributed by atoms with Gasteiger partial charge in [0.05, 0.1) is 22.4 Å². The third-order valence-corrected chi connectivity index (χ3v) is 15.8. The minimum atomic E-state index is -0.120. The second-order valence-corrected chi connectivity index (χ2v) is 26.5. The number of hydrogen-bond donors (Lipinski definition) is 0. The third-order valence-electron chi connectivity index (χ3n) is 15.8. The maximum Gasteiger partial charge on any atom is 0.0541 e. The van der Waals surface area contributed by atoms with Gasteiger partial charge in [-0.05, 0) is 159 Å². The van der Waals surface area contributed by atoms with Crippen LogP contribution in [0.15, 0.2) is 176 Å². The lowest BCUT2D eigenvalue weighted by Crippen LogP contribution is -2.17. The fourth-order valence-electron chi connectivity index (χ4n) is 11.3. The normalized spacial score (nSPS) is 13.1. The minimum absolute atomic E-state index is 0.0148. The molecule has 0 aliphatic carbocycles. The molecule has 74 heavy (non-hydrogen) atoms. The summed E-state index contributed by atoms with van der Waals surface area (Å²) in [5.41, 5.74) is 18.5. The highest BCUT2D eigenvalue weighted by molar-refractivity contribution is 6.27. The van der Waals surface area contributed by atoms with Crippen molar-refractivity contribution in [3.63, 3.8) is 0 Å². The Hall–Kier alpha value is -7.16. The van der Waals surface area contributed by atoms with Gasteiger partial charge in [0.2, 0.25) is 0 Å². The van der Waals surface area contributed by atoms with Crippen molar-refractivity contribution in [2.24, 2.45) is 0 Å². The molecule has 0 saturated heterocycles. The van der Waals surface area contributed by atoms with E-state index in [9.17, 15) is 0 Å². The van der Waals surface area contributed by atoms with Gasteiger partial charge in [0.1, 0.15) is 0 Å². The van der Waals surface area contributed by atoms with Crippen LogP contribution in [0.1, 0.15) is 132 Å². The number of anilines is 3. The number of benzene rings is 10. The van der Waals surface area contributed by atoms with Crippen molar-refractivity contribution in [2.45, 2.75) is 131 Å². The Morgan fingerprint density at radius 3 is 1.31 bits per heavy atom. The molecule has 1 heterocycles. The van der Waals surface area contributed by atoms with E-state index in [4.69, 9.17) is 0 Å². The maximum absolute atomic E-state index is 2.54. The van der Waals surface area contributed by atoms with Crippen LogP contribution in [0.25, 0.3) is 82.1 Å². The summed E-state index contributed by atoms with van der Waals surface area (Å²) >= 11 is 0. The van der Waals surface area contributed by atoms with Gasteiger partial charge in [-0.2, -0.15) is 0 Å². The van der Waals surface area contributed by atoms with E-state index >= 15 is 0 Å². The van der Waals surface area contributed by atoms with Crippen LogP contribution in [-0.4, -0.2) is 4.57 Å². The lowest BCUT2D eigenvalue weighted by atomic mass is 9.78. The van der Waals surface area contributed by atoms with Crippen LogP contribution in [-0.2, 0) is 27.1 Å². The highest BCUT2D eigenvalue weighted by Crippen LogP contribution is 2.48. The second-order valence-electron chi connectivity index (χ2n) is 26.5. The van der Waals surface area contributed by atoms with Gasteiger partial charge < -0.3 is 9.47 Å². The first kappa shape index (κ1) is 49.1. The summed E-state index contributed by atoms with van der Waals surface area (Å²) in [4.78, 5) is 2.54. The molecule has 0 aliphatic rings. The van der Waals surface area contributed by atoms with E-state index in [1.807, 2.05) is 0 Å². The molecule has 0 aliphatic heterocycles. The molecule has 0 saturated carbocycles. The van der Waals surface area contributed by atoms with Crippen molar-refractivity contribution in [2.75, 3.05) is 4.90 Å². The predicted molar refractivity (Wildman–Crippen MR) is 324 cm³/mol. The number of nitrogens with zero attached hydrogens (tertiary/aromatic N) is 2. The minimum Gasteiger partial charge on any atom is -0.310 e. The van der Waals surface area contributed by atoms with E-state index in [-0.39, 0.29) is 27.1 Å². The van der Waals surface area contributed by atoms with Crippen LogP contribution in [0, 0.1) is 0 Å². The standard InChI is InChI=1S/C72H74N2/c1-68(2,3)51-28-34-64-60(43-51)61-44-52(69(4,5)6)29-35-65(61)74(64)63-33-27-47-24-30-58-62(32-26-46-25-31-59(63)67(47)66(46)58)73(56-23-19-22-48(39-56)45-20-17-16-18-21-45)57-40-50(38-55(42-57)72(13,14)15)49-36-53(70(7,8)9)41-54(37-49)71(10,11)12/h16-44H,1-15H3. The number of fused-ring (bicyclic) bond motifs is 3. The fourth-order valence-corrected chi connectivity index (χ4v) is 11.3. The predicted octanol–water partition coefficient (Wildman–Crippen LogP) is 21.0. The molecule has 0 radical (unpaired) electrons. The zero-order chi connectivity index (χ0) is 52.4. The summed E-state index contributed by atoms with van der Waals surface area (Å²) < 4.78 is 2.54. The Morgan fingerprint density at radius 2 is 0.757 bits per heavy atom. The molecule has 372 valence electrons. The van der Waals surface area contributed by atoms with E-state index in [0.717, 1.165) is 17.1 Å². The Morgan fingerprint density at radius 1 is 0.297 bits per heavy atom. The van der Waals surface area contributed by atoms with E-state index in [0.29, 0.717) is 0 Å². The first-order chi connectivity index (χ1) is 34.8. The first-order valence-corrected chi connectivity index (χ1v) is 26.9. The summed E-state index contributed by atoms with van der Waals surface area (Å²) in [6.07, 6.45) is 0. The molecule has 0 unspecified atom stereocenters. The van der Waals surface area contributed by atoms with Gasteiger partial charge in [0.15, 0.2) is 0 Å². The monoisotopic (exact) mass is 967 g/mol. The molecule has 0 bridgehead atoms. The molecular weight excluding hydrogens is 893 g/mol. The van der Waals surface area contributed by atoms with Gasteiger partial charge in [0.25, 0.3) is 0 Å².